The van der Waals surface area contributed by atoms with Crippen LogP contribution < -0.4 is 4.74 Å². The Balaban J connectivity index is 1.34. The molecular weight excluding hydrogens is 323 g/mol. The standard InChI is InChI=1S/C18H25FN4O2/c1-14-20-18(21-25-14)13-22(2)16-8-10-23(12-16)9-3-11-24-17-6-4-15(19)5-7-17/h4-7,16H,3,8-13H2,1-2H3/t16-/m0/s1. The molecule has 0 N–H and O–H groups in total. The first-order valence-electron chi connectivity index (χ1n) is 8.70. The van der Waals surface area contributed by atoms with Gasteiger partial charge in [-0.2, -0.15) is 4.98 Å². The summed E-state index contributed by atoms with van der Waals surface area (Å²) in [4.78, 5) is 9.01. The van der Waals surface area contributed by atoms with Crippen LogP contribution in [0.5, 0.6) is 5.75 Å². The third-order valence-electron chi connectivity index (χ3n) is 4.53. The number of rotatable bonds is 8. The highest BCUT2D eigenvalue weighted by molar-refractivity contribution is 5.21. The molecule has 1 aliphatic heterocycles. The Morgan fingerprint density at radius 2 is 2.16 bits per heavy atom. The molecule has 2 aromatic rings. The normalized spacial score (nSPS) is 18.2. The third kappa shape index (κ3) is 5.24. The molecule has 0 unspecified atom stereocenters. The average molecular weight is 348 g/mol. The maximum Gasteiger partial charge on any atom is 0.223 e. The van der Waals surface area contributed by atoms with E-state index in [1.54, 1.807) is 12.1 Å². The zero-order chi connectivity index (χ0) is 17.6. The maximum atomic E-state index is 12.8. The van der Waals surface area contributed by atoms with Crippen molar-refractivity contribution in [1.82, 2.24) is 19.9 Å². The van der Waals surface area contributed by atoms with E-state index in [9.17, 15) is 4.39 Å². The number of likely N-dealkylation sites (tertiary alicyclic amines) is 1. The van der Waals surface area contributed by atoms with Crippen LogP contribution in [-0.4, -0.2) is 59.3 Å². The summed E-state index contributed by atoms with van der Waals surface area (Å²) < 4.78 is 23.5. The Morgan fingerprint density at radius 1 is 1.36 bits per heavy atom. The van der Waals surface area contributed by atoms with Crippen LogP contribution in [0.15, 0.2) is 28.8 Å². The smallest absolute Gasteiger partial charge is 0.223 e. The molecule has 6 nitrogen and oxygen atoms in total. The predicted molar refractivity (Wildman–Crippen MR) is 91.9 cm³/mol. The van der Waals surface area contributed by atoms with Gasteiger partial charge in [0.2, 0.25) is 5.89 Å². The SMILES string of the molecule is Cc1nc(CN(C)[C@H]2CCN(CCCOc3ccc(F)cc3)C2)no1. The molecular formula is C18H25FN4O2. The van der Waals surface area contributed by atoms with Crippen molar-refractivity contribution in [3.8, 4) is 5.75 Å². The molecule has 3 rings (SSSR count). The highest BCUT2D eigenvalue weighted by atomic mass is 19.1. The van der Waals surface area contributed by atoms with Gasteiger partial charge in [-0.05, 0) is 50.7 Å². The Bertz CT molecular complexity index is 661. The lowest BCUT2D eigenvalue weighted by Gasteiger charge is -2.23. The van der Waals surface area contributed by atoms with E-state index in [4.69, 9.17) is 9.26 Å². The van der Waals surface area contributed by atoms with E-state index < -0.39 is 0 Å². The first kappa shape index (κ1) is 17.8. The molecule has 1 fully saturated rings. The summed E-state index contributed by atoms with van der Waals surface area (Å²) in [5, 5.41) is 3.96. The monoisotopic (exact) mass is 348 g/mol. The van der Waals surface area contributed by atoms with Crippen molar-refractivity contribution in [1.29, 1.82) is 0 Å². The number of nitrogens with zero attached hydrogens (tertiary/aromatic N) is 4. The largest absolute Gasteiger partial charge is 0.494 e. The van der Waals surface area contributed by atoms with Crippen molar-refractivity contribution in [2.75, 3.05) is 33.3 Å². The lowest BCUT2D eigenvalue weighted by atomic mass is 10.2. The third-order valence-corrected chi connectivity index (χ3v) is 4.53. The zero-order valence-corrected chi connectivity index (χ0v) is 14.8. The number of likely N-dealkylation sites (N-methyl/N-ethyl adjacent to an activating group) is 1. The van der Waals surface area contributed by atoms with Gasteiger partial charge in [0, 0.05) is 26.1 Å². The molecule has 1 aromatic heterocycles. The Labute approximate surface area is 147 Å². The molecule has 1 aromatic carbocycles. The Kier molecular flexibility index (Phi) is 5.99. The van der Waals surface area contributed by atoms with Crippen LogP contribution in [0.25, 0.3) is 0 Å². The van der Waals surface area contributed by atoms with Gasteiger partial charge in [0.1, 0.15) is 11.6 Å². The lowest BCUT2D eigenvalue weighted by Crippen LogP contribution is -2.34. The molecule has 1 atom stereocenters. The molecule has 0 spiro atoms. The zero-order valence-electron chi connectivity index (χ0n) is 14.8. The number of ether oxygens (including phenoxy) is 1. The van der Waals surface area contributed by atoms with Gasteiger partial charge in [-0.15, -0.1) is 0 Å². The van der Waals surface area contributed by atoms with E-state index in [0.29, 0.717) is 25.1 Å². The Morgan fingerprint density at radius 3 is 2.88 bits per heavy atom. The minimum absolute atomic E-state index is 0.240. The number of halogens is 1. The van der Waals surface area contributed by atoms with Gasteiger partial charge in [0.15, 0.2) is 5.82 Å². The van der Waals surface area contributed by atoms with Crippen LogP contribution >= 0.6 is 0 Å². The van der Waals surface area contributed by atoms with Gasteiger partial charge in [0.05, 0.1) is 13.2 Å². The number of hydrogen-bond donors (Lipinski definition) is 0. The molecule has 1 aliphatic rings. The van der Waals surface area contributed by atoms with E-state index in [0.717, 1.165) is 44.0 Å². The van der Waals surface area contributed by atoms with E-state index >= 15 is 0 Å². The van der Waals surface area contributed by atoms with Crippen molar-refractivity contribution in [3.05, 3.63) is 41.8 Å². The first-order valence-corrected chi connectivity index (χ1v) is 8.70. The molecule has 0 saturated carbocycles. The van der Waals surface area contributed by atoms with E-state index in [1.807, 2.05) is 6.92 Å². The summed E-state index contributed by atoms with van der Waals surface area (Å²) in [6, 6.07) is 6.67. The molecule has 1 saturated heterocycles. The van der Waals surface area contributed by atoms with Gasteiger partial charge < -0.3 is 14.2 Å². The highest BCUT2D eigenvalue weighted by Gasteiger charge is 2.26. The van der Waals surface area contributed by atoms with Crippen molar-refractivity contribution < 1.29 is 13.7 Å². The molecule has 25 heavy (non-hydrogen) atoms. The van der Waals surface area contributed by atoms with Crippen molar-refractivity contribution in [3.63, 3.8) is 0 Å². The van der Waals surface area contributed by atoms with Crippen LogP contribution in [0.1, 0.15) is 24.6 Å². The van der Waals surface area contributed by atoms with Crippen LogP contribution in [0, 0.1) is 12.7 Å². The lowest BCUT2D eigenvalue weighted by molar-refractivity contribution is 0.210. The van der Waals surface area contributed by atoms with Crippen molar-refractivity contribution >= 4 is 0 Å². The maximum absolute atomic E-state index is 12.8. The summed E-state index contributed by atoms with van der Waals surface area (Å²) >= 11 is 0. The summed E-state index contributed by atoms with van der Waals surface area (Å²) in [5.74, 6) is 1.83. The molecule has 0 bridgehead atoms. The van der Waals surface area contributed by atoms with Crippen LogP contribution in [0.4, 0.5) is 4.39 Å². The summed E-state index contributed by atoms with van der Waals surface area (Å²) in [6.45, 7) is 6.31. The van der Waals surface area contributed by atoms with Gasteiger partial charge in [-0.1, -0.05) is 5.16 Å². The van der Waals surface area contributed by atoms with Crippen molar-refractivity contribution in [2.24, 2.45) is 0 Å². The molecule has 0 aliphatic carbocycles. The Hall–Kier alpha value is -1.99. The van der Waals surface area contributed by atoms with Gasteiger partial charge in [-0.25, -0.2) is 4.39 Å². The molecule has 2 heterocycles. The first-order chi connectivity index (χ1) is 12.1. The molecule has 0 amide bonds. The topological polar surface area (TPSA) is 54.6 Å². The minimum atomic E-state index is -0.240. The van der Waals surface area contributed by atoms with Gasteiger partial charge in [-0.3, -0.25) is 4.90 Å². The molecule has 136 valence electrons. The highest BCUT2D eigenvalue weighted by Crippen LogP contribution is 2.17. The van der Waals surface area contributed by atoms with Crippen LogP contribution in [0.3, 0.4) is 0 Å². The predicted octanol–water partition coefficient (Wildman–Crippen LogP) is 2.49. The summed E-state index contributed by atoms with van der Waals surface area (Å²) in [5.41, 5.74) is 0. The van der Waals surface area contributed by atoms with E-state index in [2.05, 4.69) is 27.0 Å². The van der Waals surface area contributed by atoms with E-state index in [-0.39, 0.29) is 5.82 Å². The fraction of sp³-hybridized carbons (Fsp3) is 0.556. The number of aromatic nitrogens is 2. The molecule has 7 heteroatoms. The van der Waals surface area contributed by atoms with Crippen LogP contribution in [-0.2, 0) is 6.54 Å². The minimum Gasteiger partial charge on any atom is -0.494 e. The second-order valence-electron chi connectivity index (χ2n) is 6.54. The average Bonchev–Trinajstić information content (AvgIpc) is 3.22. The van der Waals surface area contributed by atoms with Gasteiger partial charge in [0.25, 0.3) is 0 Å². The quantitative estimate of drug-likeness (QED) is 0.683. The second-order valence-corrected chi connectivity index (χ2v) is 6.54. The van der Waals surface area contributed by atoms with Gasteiger partial charge >= 0.3 is 0 Å². The number of hydrogen-bond acceptors (Lipinski definition) is 6. The second kappa shape index (κ2) is 8.40. The number of aryl methyl sites for hydroxylation is 1. The van der Waals surface area contributed by atoms with Crippen molar-refractivity contribution in [2.45, 2.75) is 32.4 Å². The summed E-state index contributed by atoms with van der Waals surface area (Å²) in [6.07, 6.45) is 2.10. The summed E-state index contributed by atoms with van der Waals surface area (Å²) in [7, 11) is 2.11. The van der Waals surface area contributed by atoms with Crippen LogP contribution in [0.2, 0.25) is 0 Å². The fourth-order valence-electron chi connectivity index (χ4n) is 3.14. The number of benzene rings is 1. The fourth-order valence-corrected chi connectivity index (χ4v) is 3.14. The van der Waals surface area contributed by atoms with E-state index in [1.165, 1.54) is 12.1 Å². The molecule has 0 radical (unpaired) electrons.